The van der Waals surface area contributed by atoms with Gasteiger partial charge in [-0.3, -0.25) is 48.4 Å². The minimum Gasteiger partial charge on any atom is -0.366 e. The first kappa shape index (κ1) is 100. The van der Waals surface area contributed by atoms with E-state index in [0.29, 0.717) is 31.6 Å². The largest absolute Gasteiger partial charge is 0.366 e. The first-order valence-corrected chi connectivity index (χ1v) is 50.6. The van der Waals surface area contributed by atoms with Crippen LogP contribution < -0.4 is 63.4 Å². The lowest BCUT2D eigenvalue weighted by atomic mass is 9.96. The van der Waals surface area contributed by atoms with Crippen molar-refractivity contribution in [2.75, 3.05) is 242 Å². The smallest absolute Gasteiger partial charge is 0.248 e. The van der Waals surface area contributed by atoms with Gasteiger partial charge in [0.2, 0.25) is 35.9 Å². The van der Waals surface area contributed by atoms with Gasteiger partial charge in [0.15, 0.2) is 0 Å². The molecule has 0 aliphatic carbocycles. The molecule has 0 saturated carbocycles. The lowest BCUT2D eigenvalue weighted by Crippen LogP contribution is -2.52. The number of carbonyl (C=O) groups is 6. The Morgan fingerprint density at radius 3 is 0.886 bits per heavy atom. The van der Waals surface area contributed by atoms with Crippen molar-refractivity contribution < 1.29 is 28.8 Å². The van der Waals surface area contributed by atoms with E-state index in [1.54, 1.807) is 31.7 Å². The van der Waals surface area contributed by atoms with Crippen molar-refractivity contribution in [2.45, 2.75) is 126 Å². The van der Waals surface area contributed by atoms with E-state index in [1.807, 2.05) is 68.2 Å². The number of amides is 6. The molecule has 0 aromatic heterocycles. The predicted octanol–water partition coefficient (Wildman–Crippen LogP) is 12.2. The first-order valence-electron chi connectivity index (χ1n) is 47.3. The Hall–Kier alpha value is -9.22. The van der Waals surface area contributed by atoms with Crippen molar-refractivity contribution in [3.8, 4) is 0 Å². The number of piperazine rings is 4. The number of nitrogens with one attached hydrogen (secondary N) is 5. The average Bonchev–Trinajstić information content (AvgIpc) is 0.879. The molecular formula is C102H140N20O6S4. The Labute approximate surface area is 800 Å². The van der Waals surface area contributed by atoms with Crippen LogP contribution in [0.5, 0.6) is 0 Å². The summed E-state index contributed by atoms with van der Waals surface area (Å²) < 4.78 is 0. The van der Waals surface area contributed by atoms with Gasteiger partial charge in [0.05, 0.1) is 64.1 Å². The number of hydrogen-bond acceptors (Lipinski definition) is 24. The normalized spacial score (nSPS) is 16.5. The zero-order valence-corrected chi connectivity index (χ0v) is 82.1. The highest BCUT2D eigenvalue weighted by Gasteiger charge is 2.32. The van der Waals surface area contributed by atoms with Crippen LogP contribution >= 0.6 is 47.0 Å². The molecule has 8 aromatic carbocycles. The van der Waals surface area contributed by atoms with Crippen LogP contribution in [0.2, 0.25) is 0 Å². The van der Waals surface area contributed by atoms with Gasteiger partial charge in [0.1, 0.15) is 0 Å². The number of nitrogens with two attached hydrogens (primary N) is 3. The van der Waals surface area contributed by atoms with Gasteiger partial charge in [0.25, 0.3) is 0 Å². The highest BCUT2D eigenvalue weighted by atomic mass is 32.2. The lowest BCUT2D eigenvalue weighted by molar-refractivity contribution is -0.128. The molecule has 8 heterocycles. The van der Waals surface area contributed by atoms with Crippen LogP contribution in [0.25, 0.3) is 0 Å². The summed E-state index contributed by atoms with van der Waals surface area (Å²) in [6, 6.07) is 60.7. The topological polar surface area (TPSA) is 280 Å². The van der Waals surface area contributed by atoms with Gasteiger partial charge in [-0.25, -0.2) is 0 Å². The number of para-hydroxylation sites is 4. The van der Waals surface area contributed by atoms with Crippen molar-refractivity contribution in [1.29, 1.82) is 0 Å². The van der Waals surface area contributed by atoms with E-state index in [4.69, 9.17) is 17.2 Å². The maximum atomic E-state index is 12.0. The molecule has 8 aliphatic heterocycles. The molecule has 4 saturated heterocycles. The molecule has 0 bridgehead atoms. The minimum atomic E-state index is -0.814. The van der Waals surface area contributed by atoms with Gasteiger partial charge < -0.3 is 83.0 Å². The lowest BCUT2D eigenvalue weighted by Gasteiger charge is -2.36. The molecule has 16 rings (SSSR count). The van der Waals surface area contributed by atoms with Crippen LogP contribution in [0.3, 0.4) is 0 Å². The number of carbonyl (C=O) groups excluding carboxylic acids is 6. The predicted molar refractivity (Wildman–Crippen MR) is 542 cm³/mol. The zero-order valence-electron chi connectivity index (χ0n) is 78.8. The molecule has 0 atom stereocenters. The second kappa shape index (κ2) is 49.3. The molecule has 8 aliphatic rings. The molecule has 708 valence electrons. The summed E-state index contributed by atoms with van der Waals surface area (Å²) in [5, 5.41) is 14.1. The van der Waals surface area contributed by atoms with Crippen molar-refractivity contribution >= 4 is 128 Å². The molecule has 0 radical (unpaired) electrons. The summed E-state index contributed by atoms with van der Waals surface area (Å²) in [5.41, 5.74) is 30.3. The highest BCUT2D eigenvalue weighted by molar-refractivity contribution is 8.00. The van der Waals surface area contributed by atoms with Gasteiger partial charge in [-0.1, -0.05) is 135 Å². The number of rotatable bonds is 34. The second-order valence-corrected chi connectivity index (χ2v) is 41.2. The summed E-state index contributed by atoms with van der Waals surface area (Å²) in [6.45, 7) is 47.3. The molecule has 11 N–H and O–H groups in total. The van der Waals surface area contributed by atoms with E-state index in [-0.39, 0.29) is 42.1 Å². The van der Waals surface area contributed by atoms with Gasteiger partial charge in [-0.05, 0) is 206 Å². The maximum Gasteiger partial charge on any atom is 0.248 e. The van der Waals surface area contributed by atoms with Crippen LogP contribution in [0.15, 0.2) is 209 Å². The molecule has 26 nitrogen and oxygen atoms in total. The highest BCUT2D eigenvalue weighted by Crippen LogP contribution is 2.52. The number of benzene rings is 8. The Balaban J connectivity index is 0.000000150. The molecule has 0 unspecified atom stereocenters. The van der Waals surface area contributed by atoms with Gasteiger partial charge in [-0.15, -0.1) is 0 Å². The van der Waals surface area contributed by atoms with Crippen molar-refractivity contribution in [3.05, 3.63) is 192 Å². The molecule has 6 amide bonds. The van der Waals surface area contributed by atoms with Crippen LogP contribution in [-0.4, -0.2) is 303 Å². The van der Waals surface area contributed by atoms with Crippen LogP contribution in [0, 0.1) is 26.2 Å². The number of anilines is 8. The Bertz CT molecular complexity index is 4980. The fraction of sp³-hybridized carbons (Fsp3) is 0.471. The van der Waals surface area contributed by atoms with Crippen molar-refractivity contribution in [1.82, 2.24) is 65.8 Å². The number of hydrogen-bond donors (Lipinski definition) is 8. The maximum absolute atomic E-state index is 12.0. The van der Waals surface area contributed by atoms with E-state index >= 15 is 0 Å². The standard InChI is InChI=1S/C27H38N4OS.C26H37N5OS.C25H33N5O2S.C24H32N6O2S/c1-21-10-11-25-23(20-21)31(22-8-5-6-9-24(22)33-25)14-7-13-29-16-18-30(19-17-29)15-12-28-26(32)27(2,3)4;1-20-9-10-24-22(19-20)31(21-7-4-5-8-23(21)33-24)13-6-12-29-15-17-30(18-16-29)14-11-28-25(32)26(2,3)27;1-20-7-8-24-22(17-20)30(21-5-2-3-6-23(21)33-24)11-4-10-28-13-15-29(16-14-28)12-9-27-25(32)18-26-19-31;25-17-23(31)27-8-11-29-14-12-28(13-15-29)9-3-10-30-19-4-1-2-5-21(19)33-22-7-6-18(24(26)32)16-20(22)30/h5-6,8-11,20H,7,12-19H2,1-4H3,(H,28,32);4-5,7-10,19H,6,11-18,27H2,1-3H3,(H,28,32);2-3,5-8,17,19H,4,9-16,18H2,1H3,(H,26,31)(H,27,32);1-2,4-7,16H,3,8-15,17,25H2,(H2,26,32)(H,27,31). The first-order chi connectivity index (χ1) is 63.8. The summed E-state index contributed by atoms with van der Waals surface area (Å²) in [6.07, 6.45) is 4.96. The Morgan fingerprint density at radius 1 is 0.333 bits per heavy atom. The van der Waals surface area contributed by atoms with Crippen LogP contribution in [-0.2, 0) is 24.0 Å². The van der Waals surface area contributed by atoms with Gasteiger partial charge in [0, 0.05) is 233 Å². The van der Waals surface area contributed by atoms with E-state index in [9.17, 15) is 28.8 Å². The minimum absolute atomic E-state index is 0.0432. The molecule has 132 heavy (non-hydrogen) atoms. The van der Waals surface area contributed by atoms with E-state index in [2.05, 4.69) is 258 Å². The third-order valence-corrected chi connectivity index (χ3v) is 29.8. The monoisotopic (exact) mass is 1870 g/mol. The second-order valence-electron chi connectivity index (χ2n) is 36.9. The third kappa shape index (κ3) is 28.9. The molecule has 0 spiro atoms. The van der Waals surface area contributed by atoms with E-state index in [1.165, 1.54) is 90.8 Å². The number of primary amides is 1. The Morgan fingerprint density at radius 2 is 0.598 bits per heavy atom. The van der Waals surface area contributed by atoms with E-state index < -0.39 is 11.4 Å². The van der Waals surface area contributed by atoms with Crippen LogP contribution in [0.4, 0.5) is 45.5 Å². The third-order valence-electron chi connectivity index (χ3n) is 25.3. The fourth-order valence-corrected chi connectivity index (χ4v) is 21.9. The number of nitrogens with zero attached hydrogens (tertiary/aromatic N) is 12. The molecule has 8 aromatic rings. The van der Waals surface area contributed by atoms with Crippen molar-refractivity contribution in [3.63, 3.8) is 0 Å². The molecular weight excluding hydrogens is 1730 g/mol. The average molecular weight is 1870 g/mol. The summed E-state index contributed by atoms with van der Waals surface area (Å²) >= 11 is 7.36. The Kier molecular flexibility index (Phi) is 37.5. The summed E-state index contributed by atoms with van der Waals surface area (Å²) in [4.78, 5) is 109. The molecule has 4 fully saturated rings. The zero-order chi connectivity index (χ0) is 93.1. The summed E-state index contributed by atoms with van der Waals surface area (Å²) in [5.74, 6) is -0.598. The quantitative estimate of drug-likeness (QED) is 0.0174. The van der Waals surface area contributed by atoms with E-state index in [0.717, 1.165) is 226 Å². The van der Waals surface area contributed by atoms with Gasteiger partial charge in [-0.2, -0.15) is 0 Å². The summed E-state index contributed by atoms with van der Waals surface area (Å²) in [7, 11) is 0. The van der Waals surface area contributed by atoms with Crippen molar-refractivity contribution in [2.24, 2.45) is 22.6 Å². The molecule has 30 heteroatoms. The fourth-order valence-electron chi connectivity index (χ4n) is 17.6. The van der Waals surface area contributed by atoms with Gasteiger partial charge >= 0.3 is 0 Å². The number of aryl methyl sites for hydroxylation is 3. The SMILES string of the molecule is Cc1ccc2c(c1)N(CCCN1CCN(CCNC(=O)C(C)(C)C)CC1)c1ccccc1S2.Cc1ccc2c(c1)N(CCCN1CCN(CCNC(=O)C(C)(C)N)CC1)c1ccccc1S2.Cc1ccc2c(c1)N(CCCN1CCN(CCNC(=O)CNC=O)CC1)c1ccccc1S2.NCC(=O)NCCN1CCN(CCCN2c3ccccc3Sc3ccc(C(N)=O)cc32)CC1. The van der Waals surface area contributed by atoms with Crippen LogP contribution in [0.1, 0.15) is 87.4 Å². The number of fused-ring (bicyclic) bond motifs is 8.